The Labute approximate surface area is 381 Å². The molecule has 0 spiro atoms. The van der Waals surface area contributed by atoms with Crippen molar-refractivity contribution in [3.05, 3.63) is 254 Å². The highest BCUT2D eigenvalue weighted by Gasteiger charge is 2.45. The number of nitrogens with zero attached hydrogens (tertiary/aromatic N) is 3. The summed E-state index contributed by atoms with van der Waals surface area (Å²) >= 11 is 0. The lowest BCUT2D eigenvalue weighted by molar-refractivity contribution is 1.24. The first-order valence-corrected chi connectivity index (χ1v) is 22.5. The number of aryl methyl sites for hydroxylation is 1. The summed E-state index contributed by atoms with van der Waals surface area (Å²) in [7, 11) is 0. The van der Waals surface area contributed by atoms with Crippen molar-refractivity contribution in [3.63, 3.8) is 0 Å². The Morgan fingerprint density at radius 2 is 0.862 bits per heavy atom. The van der Waals surface area contributed by atoms with Crippen LogP contribution in [0.5, 0.6) is 0 Å². The first kappa shape index (κ1) is 38.3. The van der Waals surface area contributed by atoms with Gasteiger partial charge in [-0.2, -0.15) is 0 Å². The van der Waals surface area contributed by atoms with Gasteiger partial charge < -0.3 is 14.6 Å². The van der Waals surface area contributed by atoms with E-state index in [1.165, 1.54) is 78.1 Å². The molecule has 0 saturated carbocycles. The van der Waals surface area contributed by atoms with E-state index < -0.39 is 0 Å². The number of benzene rings is 10. The predicted octanol–water partition coefficient (Wildman–Crippen LogP) is 15.2. The van der Waals surface area contributed by atoms with Gasteiger partial charge in [-0.25, -0.2) is 0 Å². The molecular formula is C61H44BN3. The molecule has 0 unspecified atom stereocenters. The zero-order valence-corrected chi connectivity index (χ0v) is 36.1. The minimum absolute atomic E-state index is 0.152. The third kappa shape index (κ3) is 6.70. The van der Waals surface area contributed by atoms with Crippen LogP contribution in [0, 0.1) is 6.92 Å². The summed E-state index contributed by atoms with van der Waals surface area (Å²) in [4.78, 5) is 7.52. The van der Waals surface area contributed by atoms with Crippen molar-refractivity contribution < 1.29 is 0 Å². The SMILES string of the molecule is Cc1ccc(-c2ccccc2)cc1N1c2ccc(-c3ccccc3)cc2B2c3c(cccc31)-c1ccc(N(c3ccccc3)c3ccccc3)cc1N2c1ccc(-c2ccccc2)cc1. The number of anilines is 8. The van der Waals surface area contributed by atoms with Gasteiger partial charge in [-0.1, -0.05) is 182 Å². The van der Waals surface area contributed by atoms with Crippen molar-refractivity contribution in [2.45, 2.75) is 6.92 Å². The zero-order valence-electron chi connectivity index (χ0n) is 36.1. The molecule has 0 saturated heterocycles. The first-order chi connectivity index (χ1) is 32.2. The lowest BCUT2D eigenvalue weighted by Gasteiger charge is -2.46. The number of rotatable bonds is 8. The minimum atomic E-state index is -0.152. The van der Waals surface area contributed by atoms with Gasteiger partial charge in [0.05, 0.1) is 0 Å². The fraction of sp³-hybridized carbons (Fsp3) is 0.0164. The van der Waals surface area contributed by atoms with Crippen LogP contribution in [0.2, 0.25) is 0 Å². The van der Waals surface area contributed by atoms with Gasteiger partial charge >= 0.3 is 6.85 Å². The third-order valence-electron chi connectivity index (χ3n) is 13.2. The molecule has 2 heterocycles. The lowest BCUT2D eigenvalue weighted by Crippen LogP contribution is -2.61. The number of fused-ring (bicyclic) bond motifs is 4. The fourth-order valence-electron chi connectivity index (χ4n) is 10.1. The molecule has 306 valence electrons. The Hall–Kier alpha value is -8.34. The van der Waals surface area contributed by atoms with Crippen molar-refractivity contribution >= 4 is 63.3 Å². The summed E-state index contributed by atoms with van der Waals surface area (Å²) in [5.74, 6) is 0. The summed E-state index contributed by atoms with van der Waals surface area (Å²) in [6, 6.07) is 90.9. The smallest absolute Gasteiger partial charge is 0.333 e. The first-order valence-electron chi connectivity index (χ1n) is 22.5. The maximum absolute atomic E-state index is 2.62. The second-order valence-electron chi connectivity index (χ2n) is 17.0. The van der Waals surface area contributed by atoms with E-state index in [0.717, 1.165) is 28.4 Å². The molecule has 0 bridgehead atoms. The van der Waals surface area contributed by atoms with E-state index in [-0.39, 0.29) is 6.85 Å². The van der Waals surface area contributed by atoms with Crippen LogP contribution in [0.1, 0.15) is 5.56 Å². The van der Waals surface area contributed by atoms with E-state index in [1.807, 2.05) is 0 Å². The van der Waals surface area contributed by atoms with Gasteiger partial charge in [0.1, 0.15) is 0 Å². The van der Waals surface area contributed by atoms with Crippen LogP contribution in [-0.4, -0.2) is 6.85 Å². The van der Waals surface area contributed by atoms with Gasteiger partial charge in [-0.15, -0.1) is 0 Å². The van der Waals surface area contributed by atoms with Crippen LogP contribution in [0.3, 0.4) is 0 Å². The molecule has 12 rings (SSSR count). The molecule has 0 amide bonds. The minimum Gasteiger partial charge on any atom is -0.376 e. The van der Waals surface area contributed by atoms with Crippen LogP contribution in [0.15, 0.2) is 249 Å². The summed E-state index contributed by atoms with van der Waals surface area (Å²) in [6.45, 7) is 2.09. The Balaban J connectivity index is 1.13. The Bertz CT molecular complexity index is 3280. The predicted molar refractivity (Wildman–Crippen MR) is 276 cm³/mol. The van der Waals surface area contributed by atoms with Crippen molar-refractivity contribution in [2.75, 3.05) is 14.6 Å². The number of hydrogen-bond acceptors (Lipinski definition) is 3. The molecule has 0 N–H and O–H groups in total. The average molecular weight is 830 g/mol. The maximum Gasteiger partial charge on any atom is 0.333 e. The van der Waals surface area contributed by atoms with E-state index in [2.05, 4.69) is 270 Å². The topological polar surface area (TPSA) is 9.72 Å². The Kier molecular flexibility index (Phi) is 9.49. The maximum atomic E-state index is 2.62. The summed E-state index contributed by atoms with van der Waals surface area (Å²) in [5.41, 5.74) is 22.5. The van der Waals surface area contributed by atoms with Gasteiger partial charge in [0.25, 0.3) is 0 Å². The van der Waals surface area contributed by atoms with Gasteiger partial charge in [0.15, 0.2) is 0 Å². The molecule has 65 heavy (non-hydrogen) atoms. The van der Waals surface area contributed by atoms with E-state index in [9.17, 15) is 0 Å². The van der Waals surface area contributed by atoms with Crippen molar-refractivity contribution in [3.8, 4) is 44.5 Å². The normalized spacial score (nSPS) is 12.3. The van der Waals surface area contributed by atoms with Crippen LogP contribution in [0.4, 0.5) is 45.5 Å². The fourth-order valence-corrected chi connectivity index (χ4v) is 10.1. The molecule has 2 aliphatic heterocycles. The monoisotopic (exact) mass is 829 g/mol. The van der Waals surface area contributed by atoms with E-state index in [0.29, 0.717) is 0 Å². The second-order valence-corrected chi connectivity index (χ2v) is 17.0. The largest absolute Gasteiger partial charge is 0.376 e. The number of hydrogen-bond donors (Lipinski definition) is 0. The highest BCUT2D eigenvalue weighted by molar-refractivity contribution is 6.93. The standard InChI is InChI=1S/C61H44BN3/c1-43-30-31-49(46-22-11-4-12-23-46)41-59(43)64-57-39-34-48(45-20-9-3-10-21-45)40-56(57)62-61-55(28-17-29-58(61)64)54-38-37-53(63(50-24-13-5-14-25-50)51-26-15-6-16-27-51)42-60(54)65(62)52-35-32-47(33-36-52)44-18-7-2-8-19-44/h2-42H,1H3. The lowest BCUT2D eigenvalue weighted by atomic mass is 9.43. The highest BCUT2D eigenvalue weighted by Crippen LogP contribution is 2.50. The van der Waals surface area contributed by atoms with E-state index >= 15 is 0 Å². The van der Waals surface area contributed by atoms with Crippen LogP contribution in [0.25, 0.3) is 44.5 Å². The quantitative estimate of drug-likeness (QED) is 0.141. The molecular weight excluding hydrogens is 786 g/mol. The number of para-hydroxylation sites is 2. The Morgan fingerprint density at radius 1 is 0.338 bits per heavy atom. The second kappa shape index (κ2) is 16.1. The zero-order chi connectivity index (χ0) is 43.3. The van der Waals surface area contributed by atoms with E-state index in [4.69, 9.17) is 0 Å². The molecule has 10 aromatic rings. The average Bonchev–Trinajstić information content (AvgIpc) is 3.38. The van der Waals surface area contributed by atoms with Gasteiger partial charge in [-0.3, -0.25) is 0 Å². The molecule has 0 atom stereocenters. The molecule has 0 aromatic heterocycles. The van der Waals surface area contributed by atoms with Gasteiger partial charge in [0.2, 0.25) is 0 Å². The molecule has 3 nitrogen and oxygen atoms in total. The van der Waals surface area contributed by atoms with Crippen molar-refractivity contribution in [2.24, 2.45) is 0 Å². The summed E-state index contributed by atoms with van der Waals surface area (Å²) < 4.78 is 0. The summed E-state index contributed by atoms with van der Waals surface area (Å²) in [6.07, 6.45) is 0. The van der Waals surface area contributed by atoms with Crippen LogP contribution >= 0.6 is 0 Å². The molecule has 0 aliphatic carbocycles. The van der Waals surface area contributed by atoms with Gasteiger partial charge in [0, 0.05) is 51.1 Å². The van der Waals surface area contributed by atoms with E-state index in [1.54, 1.807) is 0 Å². The molecule has 0 fully saturated rings. The molecule has 0 radical (unpaired) electrons. The molecule has 10 aromatic carbocycles. The molecule has 2 aliphatic rings. The van der Waals surface area contributed by atoms with Crippen LogP contribution in [-0.2, 0) is 0 Å². The van der Waals surface area contributed by atoms with Crippen molar-refractivity contribution in [1.29, 1.82) is 0 Å². The van der Waals surface area contributed by atoms with Crippen LogP contribution < -0.4 is 25.5 Å². The third-order valence-corrected chi connectivity index (χ3v) is 13.2. The van der Waals surface area contributed by atoms with Gasteiger partial charge in [-0.05, 0) is 129 Å². The highest BCUT2D eigenvalue weighted by atomic mass is 15.2. The van der Waals surface area contributed by atoms with Crippen molar-refractivity contribution in [1.82, 2.24) is 0 Å². The summed E-state index contributed by atoms with van der Waals surface area (Å²) in [5, 5.41) is 0. The Morgan fingerprint density at radius 3 is 1.48 bits per heavy atom. The molecule has 4 heteroatoms.